The number of hydrogen-bond acceptors (Lipinski definition) is 6. The van der Waals surface area contributed by atoms with Crippen LogP contribution in [0, 0.1) is 6.92 Å². The number of piperidine rings is 1. The molecule has 1 amide bonds. The first-order chi connectivity index (χ1) is 14.5. The number of pyridine rings is 1. The molecule has 2 aliphatic heterocycles. The van der Waals surface area contributed by atoms with Crippen molar-refractivity contribution in [3.05, 3.63) is 35.4 Å². The molecule has 4 N–H and O–H groups in total. The number of rotatable bonds is 6. The van der Waals surface area contributed by atoms with Gasteiger partial charge in [0.2, 0.25) is 0 Å². The summed E-state index contributed by atoms with van der Waals surface area (Å²) in [6.45, 7) is 7.37. The second-order valence-corrected chi connectivity index (χ2v) is 8.62. The highest BCUT2D eigenvalue weighted by atomic mass is 16.5. The average molecular weight is 412 g/mol. The van der Waals surface area contributed by atoms with Gasteiger partial charge in [-0.3, -0.25) is 4.79 Å². The summed E-state index contributed by atoms with van der Waals surface area (Å²) in [6, 6.07) is 8.58. The summed E-state index contributed by atoms with van der Waals surface area (Å²) < 4.78 is 5.72. The van der Waals surface area contributed by atoms with Crippen molar-refractivity contribution in [3.8, 4) is 0 Å². The second kappa shape index (κ2) is 9.29. The van der Waals surface area contributed by atoms with Crippen LogP contribution in [-0.4, -0.2) is 55.4 Å². The Morgan fingerprint density at radius 2 is 2.10 bits per heavy atom. The lowest BCUT2D eigenvalue weighted by Crippen LogP contribution is -2.45. The number of carbonyl (C=O) groups is 1. The molecule has 0 spiro atoms. The van der Waals surface area contributed by atoms with Gasteiger partial charge >= 0.3 is 0 Å². The van der Waals surface area contributed by atoms with Crippen LogP contribution in [0.15, 0.2) is 24.3 Å². The Hall–Kier alpha value is -2.22. The summed E-state index contributed by atoms with van der Waals surface area (Å²) >= 11 is 0. The lowest BCUT2D eigenvalue weighted by molar-refractivity contribution is 0.0941. The van der Waals surface area contributed by atoms with Gasteiger partial charge in [-0.25, -0.2) is 4.98 Å². The molecule has 2 unspecified atom stereocenters. The molecule has 4 rings (SSSR count). The van der Waals surface area contributed by atoms with Crippen LogP contribution in [0.3, 0.4) is 0 Å². The molecule has 1 aromatic heterocycles. The maximum absolute atomic E-state index is 12.9. The summed E-state index contributed by atoms with van der Waals surface area (Å²) in [5.74, 6) is 0.580. The molecule has 2 aliphatic rings. The maximum atomic E-state index is 12.9. The molecule has 2 saturated heterocycles. The van der Waals surface area contributed by atoms with Gasteiger partial charge in [-0.1, -0.05) is 11.6 Å². The first-order valence-electron chi connectivity index (χ1n) is 11.1. The van der Waals surface area contributed by atoms with Crippen LogP contribution < -0.4 is 21.3 Å². The van der Waals surface area contributed by atoms with E-state index in [1.54, 1.807) is 6.92 Å². The van der Waals surface area contributed by atoms with E-state index in [-0.39, 0.29) is 5.91 Å². The van der Waals surface area contributed by atoms with Crippen LogP contribution in [0.1, 0.15) is 48.5 Å². The van der Waals surface area contributed by atoms with E-state index < -0.39 is 6.17 Å². The number of nitrogens with zero attached hydrogens (tertiary/aromatic N) is 2. The molecular weight excluding hydrogens is 378 g/mol. The predicted molar refractivity (Wildman–Crippen MR) is 120 cm³/mol. The molecule has 7 heteroatoms. The summed E-state index contributed by atoms with van der Waals surface area (Å²) in [4.78, 5) is 20.0. The van der Waals surface area contributed by atoms with E-state index in [2.05, 4.69) is 27.7 Å². The maximum Gasteiger partial charge on any atom is 0.256 e. The number of amides is 1. The lowest BCUT2D eigenvalue weighted by atomic mass is 10.0. The van der Waals surface area contributed by atoms with E-state index in [4.69, 9.17) is 15.5 Å². The molecule has 2 atom stereocenters. The molecule has 30 heavy (non-hydrogen) atoms. The van der Waals surface area contributed by atoms with Crippen LogP contribution in [0.2, 0.25) is 0 Å². The van der Waals surface area contributed by atoms with E-state index in [0.717, 1.165) is 67.8 Å². The van der Waals surface area contributed by atoms with Gasteiger partial charge in [-0.15, -0.1) is 0 Å². The van der Waals surface area contributed by atoms with Crippen molar-refractivity contribution in [1.29, 1.82) is 0 Å². The van der Waals surface area contributed by atoms with E-state index >= 15 is 0 Å². The zero-order chi connectivity index (χ0) is 21.1. The highest BCUT2D eigenvalue weighted by Crippen LogP contribution is 2.27. The van der Waals surface area contributed by atoms with Gasteiger partial charge in [0.05, 0.1) is 23.3 Å². The highest BCUT2D eigenvalue weighted by molar-refractivity contribution is 6.02. The Bertz CT molecular complexity index is 887. The summed E-state index contributed by atoms with van der Waals surface area (Å²) in [5, 5.41) is 7.46. The molecule has 0 aliphatic carbocycles. The van der Waals surface area contributed by atoms with Crippen molar-refractivity contribution in [2.24, 2.45) is 5.73 Å². The first kappa shape index (κ1) is 21.0. The smallest absolute Gasteiger partial charge is 0.256 e. The van der Waals surface area contributed by atoms with Gasteiger partial charge in [0.15, 0.2) is 0 Å². The fourth-order valence-electron chi connectivity index (χ4n) is 4.38. The fraction of sp³-hybridized carbons (Fsp3) is 0.565. The third-order valence-corrected chi connectivity index (χ3v) is 6.01. The Kier molecular flexibility index (Phi) is 6.51. The van der Waals surface area contributed by atoms with Crippen LogP contribution in [0.4, 0.5) is 5.82 Å². The van der Waals surface area contributed by atoms with E-state index in [9.17, 15) is 4.79 Å². The van der Waals surface area contributed by atoms with Gasteiger partial charge in [-0.2, -0.15) is 0 Å². The van der Waals surface area contributed by atoms with E-state index in [0.29, 0.717) is 17.7 Å². The van der Waals surface area contributed by atoms with Gasteiger partial charge in [0.25, 0.3) is 5.91 Å². The number of fused-ring (bicyclic) bond motifs is 1. The van der Waals surface area contributed by atoms with Crippen LogP contribution in [-0.2, 0) is 4.74 Å². The van der Waals surface area contributed by atoms with E-state index in [1.165, 1.54) is 6.42 Å². The molecule has 0 bridgehead atoms. The third-order valence-electron chi connectivity index (χ3n) is 6.01. The largest absolute Gasteiger partial charge is 0.377 e. The van der Waals surface area contributed by atoms with Crippen molar-refractivity contribution in [1.82, 2.24) is 15.6 Å². The molecule has 2 fully saturated rings. The molecular formula is C23H33N5O2. The van der Waals surface area contributed by atoms with Gasteiger partial charge in [0.1, 0.15) is 5.82 Å². The third kappa shape index (κ3) is 4.91. The van der Waals surface area contributed by atoms with Crippen molar-refractivity contribution in [2.45, 2.75) is 57.8 Å². The number of nitrogens with one attached hydrogen (secondary N) is 2. The average Bonchev–Trinajstić information content (AvgIpc) is 3.25. The Morgan fingerprint density at radius 1 is 1.30 bits per heavy atom. The number of hydrogen-bond donors (Lipinski definition) is 3. The van der Waals surface area contributed by atoms with Crippen LogP contribution in [0.25, 0.3) is 10.9 Å². The molecule has 0 radical (unpaired) electrons. The van der Waals surface area contributed by atoms with Crippen molar-refractivity contribution in [2.75, 3.05) is 31.1 Å². The van der Waals surface area contributed by atoms with Crippen molar-refractivity contribution < 1.29 is 9.53 Å². The highest BCUT2D eigenvalue weighted by Gasteiger charge is 2.26. The van der Waals surface area contributed by atoms with Crippen LogP contribution >= 0.6 is 0 Å². The van der Waals surface area contributed by atoms with Crippen LogP contribution in [0.5, 0.6) is 0 Å². The molecule has 3 heterocycles. The molecule has 1 aromatic carbocycles. The SMILES string of the molecule is Cc1ccc2nc(N3CCC(NCC4CCCO4)CC3)c(C(=O)NC(C)N)cc2c1. The Morgan fingerprint density at radius 3 is 2.80 bits per heavy atom. The van der Waals surface area contributed by atoms with Gasteiger partial charge < -0.3 is 26.0 Å². The molecule has 7 nitrogen and oxygen atoms in total. The Balaban J connectivity index is 1.50. The van der Waals surface area contributed by atoms with Crippen molar-refractivity contribution >= 4 is 22.6 Å². The minimum Gasteiger partial charge on any atom is -0.377 e. The van der Waals surface area contributed by atoms with E-state index in [1.807, 2.05) is 19.1 Å². The number of benzene rings is 1. The number of nitrogens with two attached hydrogens (primary N) is 1. The summed E-state index contributed by atoms with van der Waals surface area (Å²) in [7, 11) is 0. The topological polar surface area (TPSA) is 92.5 Å². The first-order valence-corrected chi connectivity index (χ1v) is 11.1. The zero-order valence-electron chi connectivity index (χ0n) is 18.0. The Labute approximate surface area is 178 Å². The summed E-state index contributed by atoms with van der Waals surface area (Å²) in [6.07, 6.45) is 4.33. The molecule has 162 valence electrons. The fourth-order valence-corrected chi connectivity index (χ4v) is 4.38. The molecule has 0 saturated carbocycles. The number of ether oxygens (including phenoxy) is 1. The minimum atomic E-state index is -0.411. The monoisotopic (exact) mass is 411 g/mol. The normalized spacial score (nSPS) is 21.2. The second-order valence-electron chi connectivity index (χ2n) is 8.62. The number of aryl methyl sites for hydroxylation is 1. The van der Waals surface area contributed by atoms with Gasteiger partial charge in [-0.05, 0) is 57.7 Å². The predicted octanol–water partition coefficient (Wildman–Crippen LogP) is 2.32. The number of anilines is 1. The number of carbonyl (C=O) groups excluding carboxylic acids is 1. The van der Waals surface area contributed by atoms with Crippen molar-refractivity contribution in [3.63, 3.8) is 0 Å². The quantitative estimate of drug-likeness (QED) is 0.632. The molecule has 2 aromatic rings. The number of aromatic nitrogens is 1. The standard InChI is InChI=1S/C23H33N5O2/c1-15-5-6-21-17(12-15)13-20(23(29)26-16(2)24)22(27-21)28-9-7-18(8-10-28)25-14-19-4-3-11-30-19/h5-6,12-13,16,18-19,25H,3-4,7-11,14,24H2,1-2H3,(H,26,29). The minimum absolute atomic E-state index is 0.172. The zero-order valence-corrected chi connectivity index (χ0v) is 18.0. The lowest BCUT2D eigenvalue weighted by Gasteiger charge is -2.34. The summed E-state index contributed by atoms with van der Waals surface area (Å²) in [5.41, 5.74) is 8.46. The van der Waals surface area contributed by atoms with Gasteiger partial charge in [0, 0.05) is 37.7 Å².